The molecule has 1 rings (SSSR count). The van der Waals surface area contributed by atoms with Crippen LogP contribution in [0.5, 0.6) is 0 Å². The van der Waals surface area contributed by atoms with Crippen LogP contribution in [-0.2, 0) is 0 Å². The van der Waals surface area contributed by atoms with Crippen LogP contribution in [0.2, 0.25) is 0 Å². The third-order valence-corrected chi connectivity index (χ3v) is 2.74. The van der Waals surface area contributed by atoms with Gasteiger partial charge < -0.3 is 10.4 Å². The molecule has 1 aromatic rings. The van der Waals surface area contributed by atoms with E-state index in [-0.39, 0.29) is 12.5 Å². The largest absolute Gasteiger partial charge is 0.392 e. The average Bonchev–Trinajstić information content (AvgIpc) is 2.41. The molecule has 0 radical (unpaired) electrons. The fourth-order valence-electron chi connectivity index (χ4n) is 1.06. The van der Waals surface area contributed by atoms with Gasteiger partial charge in [0.2, 0.25) is 0 Å². The summed E-state index contributed by atoms with van der Waals surface area (Å²) in [5, 5.41) is 12.5. The Balaban J connectivity index is 2.65. The van der Waals surface area contributed by atoms with Gasteiger partial charge in [-0.25, -0.2) is 4.98 Å². The van der Waals surface area contributed by atoms with E-state index in [9.17, 15) is 4.79 Å². The standard InChI is InChI=1S/C9H14N2O2S/c1-5(12)4-10-9(13)8-6(2)11-7(3)14-8/h5,12H,4H2,1-3H3,(H,10,13)/t5-/m1/s1. The van der Waals surface area contributed by atoms with Crippen molar-refractivity contribution in [1.82, 2.24) is 10.3 Å². The number of aryl methyl sites for hydroxylation is 2. The summed E-state index contributed by atoms with van der Waals surface area (Å²) in [6, 6.07) is 0. The Morgan fingerprint density at radius 2 is 2.29 bits per heavy atom. The zero-order chi connectivity index (χ0) is 10.7. The molecule has 5 heteroatoms. The van der Waals surface area contributed by atoms with E-state index < -0.39 is 6.10 Å². The van der Waals surface area contributed by atoms with Crippen LogP contribution < -0.4 is 5.32 Å². The van der Waals surface area contributed by atoms with E-state index in [0.717, 1.165) is 10.7 Å². The van der Waals surface area contributed by atoms with Crippen molar-refractivity contribution in [2.75, 3.05) is 6.54 Å². The molecule has 1 heterocycles. The maximum atomic E-state index is 11.5. The lowest BCUT2D eigenvalue weighted by molar-refractivity contribution is 0.0927. The highest BCUT2D eigenvalue weighted by Gasteiger charge is 2.13. The first-order valence-corrected chi connectivity index (χ1v) is 5.22. The molecule has 0 aliphatic rings. The maximum absolute atomic E-state index is 11.5. The number of carbonyl (C=O) groups excluding carboxylic acids is 1. The van der Waals surface area contributed by atoms with Crippen LogP contribution in [0.4, 0.5) is 0 Å². The average molecular weight is 214 g/mol. The molecule has 0 aromatic carbocycles. The van der Waals surface area contributed by atoms with Crippen molar-refractivity contribution >= 4 is 17.2 Å². The van der Waals surface area contributed by atoms with E-state index in [0.29, 0.717) is 4.88 Å². The number of carbonyl (C=O) groups is 1. The lowest BCUT2D eigenvalue weighted by Crippen LogP contribution is -2.30. The van der Waals surface area contributed by atoms with Gasteiger partial charge in [-0.3, -0.25) is 4.79 Å². The second-order valence-corrected chi connectivity index (χ2v) is 4.41. The zero-order valence-electron chi connectivity index (χ0n) is 8.50. The number of amides is 1. The van der Waals surface area contributed by atoms with Crippen LogP contribution in [0.3, 0.4) is 0 Å². The molecule has 0 aliphatic heterocycles. The Bertz CT molecular complexity index is 334. The molecule has 0 fully saturated rings. The molecule has 1 atom stereocenters. The van der Waals surface area contributed by atoms with Crippen molar-refractivity contribution in [3.05, 3.63) is 15.6 Å². The van der Waals surface area contributed by atoms with Crippen LogP contribution in [0.15, 0.2) is 0 Å². The second-order valence-electron chi connectivity index (χ2n) is 3.21. The van der Waals surface area contributed by atoms with Crippen molar-refractivity contribution in [3.63, 3.8) is 0 Å². The summed E-state index contributed by atoms with van der Waals surface area (Å²) in [5.41, 5.74) is 0.746. The lowest BCUT2D eigenvalue weighted by atomic mass is 10.3. The van der Waals surface area contributed by atoms with Gasteiger partial charge in [0, 0.05) is 6.54 Å². The van der Waals surface area contributed by atoms with Gasteiger partial charge >= 0.3 is 0 Å². The van der Waals surface area contributed by atoms with Gasteiger partial charge in [0.25, 0.3) is 5.91 Å². The van der Waals surface area contributed by atoms with Crippen molar-refractivity contribution in [3.8, 4) is 0 Å². The monoisotopic (exact) mass is 214 g/mol. The third-order valence-electron chi connectivity index (χ3n) is 1.67. The molecule has 0 aliphatic carbocycles. The van der Waals surface area contributed by atoms with Gasteiger partial charge in [-0.1, -0.05) is 0 Å². The zero-order valence-corrected chi connectivity index (χ0v) is 9.31. The summed E-state index contributed by atoms with van der Waals surface area (Å²) in [6.07, 6.45) is -0.520. The van der Waals surface area contributed by atoms with Crippen LogP contribution in [0, 0.1) is 13.8 Å². The first kappa shape index (κ1) is 11.1. The Morgan fingerprint density at radius 3 is 2.71 bits per heavy atom. The quantitative estimate of drug-likeness (QED) is 0.785. The number of aliphatic hydroxyl groups is 1. The van der Waals surface area contributed by atoms with Crippen molar-refractivity contribution in [1.29, 1.82) is 0 Å². The molecule has 4 nitrogen and oxygen atoms in total. The normalized spacial score (nSPS) is 12.6. The van der Waals surface area contributed by atoms with Gasteiger partial charge in [-0.2, -0.15) is 0 Å². The number of hydrogen-bond donors (Lipinski definition) is 2. The van der Waals surface area contributed by atoms with Crippen LogP contribution in [-0.4, -0.2) is 28.6 Å². The number of aromatic nitrogens is 1. The smallest absolute Gasteiger partial charge is 0.263 e. The minimum absolute atomic E-state index is 0.158. The summed E-state index contributed by atoms with van der Waals surface area (Å²) in [6.45, 7) is 5.57. The highest BCUT2D eigenvalue weighted by atomic mass is 32.1. The molecular formula is C9H14N2O2S. The number of hydrogen-bond acceptors (Lipinski definition) is 4. The minimum Gasteiger partial charge on any atom is -0.392 e. The Morgan fingerprint density at radius 1 is 1.64 bits per heavy atom. The van der Waals surface area contributed by atoms with E-state index in [4.69, 9.17) is 5.11 Å². The van der Waals surface area contributed by atoms with Crippen LogP contribution in [0.1, 0.15) is 27.3 Å². The predicted octanol–water partition coefficient (Wildman–Crippen LogP) is 0.871. The van der Waals surface area contributed by atoms with E-state index in [1.807, 2.05) is 6.92 Å². The molecule has 1 aromatic heterocycles. The fraction of sp³-hybridized carbons (Fsp3) is 0.556. The summed E-state index contributed by atoms with van der Waals surface area (Å²) in [4.78, 5) is 16.3. The molecule has 0 saturated heterocycles. The first-order chi connectivity index (χ1) is 6.50. The summed E-state index contributed by atoms with van der Waals surface area (Å²) >= 11 is 1.37. The minimum atomic E-state index is -0.520. The molecular weight excluding hydrogens is 200 g/mol. The van der Waals surface area contributed by atoms with Gasteiger partial charge in [-0.15, -0.1) is 11.3 Å². The van der Waals surface area contributed by atoms with Gasteiger partial charge in [0.05, 0.1) is 16.8 Å². The van der Waals surface area contributed by atoms with E-state index >= 15 is 0 Å². The van der Waals surface area contributed by atoms with Crippen molar-refractivity contribution in [2.45, 2.75) is 26.9 Å². The van der Waals surface area contributed by atoms with Crippen LogP contribution in [0.25, 0.3) is 0 Å². The first-order valence-electron chi connectivity index (χ1n) is 4.41. The van der Waals surface area contributed by atoms with E-state index in [1.54, 1.807) is 13.8 Å². The number of nitrogens with zero attached hydrogens (tertiary/aromatic N) is 1. The summed E-state index contributed by atoms with van der Waals surface area (Å²) < 4.78 is 0. The van der Waals surface area contributed by atoms with Crippen molar-refractivity contribution < 1.29 is 9.90 Å². The maximum Gasteiger partial charge on any atom is 0.263 e. The Kier molecular flexibility index (Phi) is 3.60. The highest BCUT2D eigenvalue weighted by Crippen LogP contribution is 2.16. The highest BCUT2D eigenvalue weighted by molar-refractivity contribution is 7.13. The molecule has 2 N–H and O–H groups in total. The van der Waals surface area contributed by atoms with Crippen molar-refractivity contribution in [2.24, 2.45) is 0 Å². The molecule has 0 unspecified atom stereocenters. The second kappa shape index (κ2) is 4.52. The van der Waals surface area contributed by atoms with Gasteiger partial charge in [-0.05, 0) is 20.8 Å². The molecule has 14 heavy (non-hydrogen) atoms. The molecule has 0 spiro atoms. The third kappa shape index (κ3) is 2.78. The fourth-order valence-corrected chi connectivity index (χ4v) is 1.90. The molecule has 78 valence electrons. The summed E-state index contributed by atoms with van der Waals surface area (Å²) in [5.74, 6) is -0.158. The van der Waals surface area contributed by atoms with E-state index in [2.05, 4.69) is 10.3 Å². The summed E-state index contributed by atoms with van der Waals surface area (Å²) in [7, 11) is 0. The number of thiazole rings is 1. The number of nitrogens with one attached hydrogen (secondary N) is 1. The van der Waals surface area contributed by atoms with Gasteiger partial charge in [0.15, 0.2) is 0 Å². The number of aliphatic hydroxyl groups excluding tert-OH is 1. The van der Waals surface area contributed by atoms with Gasteiger partial charge in [0.1, 0.15) is 4.88 Å². The number of rotatable bonds is 3. The predicted molar refractivity (Wildman–Crippen MR) is 55.6 cm³/mol. The lowest BCUT2D eigenvalue weighted by Gasteiger charge is -2.05. The van der Waals surface area contributed by atoms with E-state index in [1.165, 1.54) is 11.3 Å². The van der Waals surface area contributed by atoms with Crippen LogP contribution >= 0.6 is 11.3 Å². The SMILES string of the molecule is Cc1nc(C)c(C(=O)NC[C@@H](C)O)s1. The molecule has 1 amide bonds. The topological polar surface area (TPSA) is 62.2 Å². The Labute approximate surface area is 87.0 Å². The molecule has 0 bridgehead atoms. The Hall–Kier alpha value is -0.940. The molecule has 0 saturated carbocycles.